The van der Waals surface area contributed by atoms with Crippen molar-refractivity contribution in [1.82, 2.24) is 5.06 Å². The van der Waals surface area contributed by atoms with Crippen molar-refractivity contribution in [1.29, 1.82) is 0 Å². The van der Waals surface area contributed by atoms with Crippen molar-refractivity contribution in [3.05, 3.63) is 5.21 Å². The molecule has 0 heterocycles. The largest absolute Gasteiger partial charge is 0.785 e. The summed E-state index contributed by atoms with van der Waals surface area (Å²) < 4.78 is 0. The summed E-state index contributed by atoms with van der Waals surface area (Å²) in [6.07, 6.45) is 28.9. The summed E-state index contributed by atoms with van der Waals surface area (Å²) in [5.41, 5.74) is 0. The molecule has 0 aromatic heterocycles. The number of rotatable bonds is 19. The van der Waals surface area contributed by atoms with E-state index in [1.165, 1.54) is 133 Å². The minimum absolute atomic E-state index is 0.692. The van der Waals surface area contributed by atoms with E-state index in [0.29, 0.717) is 5.92 Å². The molecule has 1 aliphatic rings. The molecule has 0 aliphatic heterocycles. The van der Waals surface area contributed by atoms with Gasteiger partial charge < -0.3 is 10.3 Å². The molecular weight excluding hydrogens is 330 g/mol. The van der Waals surface area contributed by atoms with Gasteiger partial charge in [-0.15, -0.1) is 0 Å². The molecule has 0 saturated heterocycles. The maximum atomic E-state index is 12.0. The fourth-order valence-electron chi connectivity index (χ4n) is 4.59. The van der Waals surface area contributed by atoms with Crippen molar-refractivity contribution < 1.29 is 0 Å². The van der Waals surface area contributed by atoms with Crippen molar-refractivity contribution in [3.63, 3.8) is 0 Å². The zero-order valence-corrected chi connectivity index (χ0v) is 18.7. The summed E-state index contributed by atoms with van der Waals surface area (Å²) in [7, 11) is 0. The van der Waals surface area contributed by atoms with Gasteiger partial charge in [-0.05, 0) is 38.3 Å². The first-order valence-corrected chi connectivity index (χ1v) is 12.7. The zero-order chi connectivity index (χ0) is 19.4. The highest BCUT2D eigenvalue weighted by Gasteiger charge is 2.13. The smallest absolute Gasteiger partial charge is 0.0116 e. The molecule has 1 rings (SSSR count). The second kappa shape index (κ2) is 19.2. The number of hydroxylamine groups is 2. The molecule has 0 unspecified atom stereocenters. The first-order chi connectivity index (χ1) is 13.3. The summed E-state index contributed by atoms with van der Waals surface area (Å²) in [6.45, 7) is 3.87. The van der Waals surface area contributed by atoms with Gasteiger partial charge in [0.15, 0.2) is 0 Å². The number of unbranched alkanes of at least 4 members (excludes halogenated alkanes) is 15. The summed E-state index contributed by atoms with van der Waals surface area (Å²) >= 11 is 0. The van der Waals surface area contributed by atoms with E-state index >= 15 is 0 Å². The van der Waals surface area contributed by atoms with E-state index in [1.54, 1.807) is 0 Å². The highest BCUT2D eigenvalue weighted by molar-refractivity contribution is 4.70. The van der Waals surface area contributed by atoms with E-state index in [4.69, 9.17) is 0 Å². The standard InChI is InChI=1S/C25H50NO/c1-2-3-4-5-6-7-8-9-10-11-12-13-14-15-16-20-23-26(27)24-25-21-18-17-19-22-25/h25H,2-24H2,1H3/q-1. The molecule has 162 valence electrons. The minimum atomic E-state index is 0.692. The van der Waals surface area contributed by atoms with E-state index in [9.17, 15) is 5.21 Å². The molecule has 2 nitrogen and oxygen atoms in total. The minimum Gasteiger partial charge on any atom is -0.785 e. The Morgan fingerprint density at radius 1 is 0.593 bits per heavy atom. The molecule has 0 amide bonds. The van der Waals surface area contributed by atoms with Gasteiger partial charge in [-0.1, -0.05) is 122 Å². The molecule has 0 atom stereocenters. The van der Waals surface area contributed by atoms with Gasteiger partial charge in [0.2, 0.25) is 0 Å². The summed E-state index contributed by atoms with van der Waals surface area (Å²) in [5.74, 6) is 0.692. The molecule has 0 aromatic carbocycles. The van der Waals surface area contributed by atoms with Gasteiger partial charge in [-0.25, -0.2) is 0 Å². The van der Waals surface area contributed by atoms with Crippen LogP contribution in [-0.4, -0.2) is 18.2 Å². The van der Waals surface area contributed by atoms with Crippen LogP contribution < -0.4 is 0 Å². The third-order valence-corrected chi connectivity index (χ3v) is 6.45. The maximum Gasteiger partial charge on any atom is -0.0116 e. The lowest BCUT2D eigenvalue weighted by Gasteiger charge is -2.34. The molecule has 0 radical (unpaired) electrons. The third kappa shape index (κ3) is 16.6. The molecule has 0 spiro atoms. The zero-order valence-electron chi connectivity index (χ0n) is 18.7. The third-order valence-electron chi connectivity index (χ3n) is 6.45. The first kappa shape index (κ1) is 25.0. The Labute approximate surface area is 171 Å². The highest BCUT2D eigenvalue weighted by Crippen LogP contribution is 2.24. The second-order valence-corrected chi connectivity index (χ2v) is 9.20. The molecular formula is C25H50NO-. The molecule has 27 heavy (non-hydrogen) atoms. The Bertz CT molecular complexity index is 288. The lowest BCUT2D eigenvalue weighted by atomic mass is 9.89. The quantitative estimate of drug-likeness (QED) is 0.165. The fraction of sp³-hybridized carbons (Fsp3) is 1.00. The Balaban J connectivity index is 1.71. The molecule has 2 heteroatoms. The Kier molecular flexibility index (Phi) is 17.8. The van der Waals surface area contributed by atoms with Crippen molar-refractivity contribution in [3.8, 4) is 0 Å². The van der Waals surface area contributed by atoms with E-state index in [-0.39, 0.29) is 0 Å². The van der Waals surface area contributed by atoms with E-state index in [1.807, 2.05) is 0 Å². The summed E-state index contributed by atoms with van der Waals surface area (Å²) in [4.78, 5) is 0. The molecule has 1 fully saturated rings. The van der Waals surface area contributed by atoms with Crippen molar-refractivity contribution in [2.75, 3.05) is 13.1 Å². The van der Waals surface area contributed by atoms with Crippen LogP contribution in [0.4, 0.5) is 0 Å². The normalized spacial score (nSPS) is 15.7. The molecule has 0 N–H and O–H groups in total. The van der Waals surface area contributed by atoms with Gasteiger partial charge in [-0.2, -0.15) is 0 Å². The Morgan fingerprint density at radius 2 is 1.00 bits per heavy atom. The van der Waals surface area contributed by atoms with Crippen LogP contribution in [0.3, 0.4) is 0 Å². The predicted octanol–water partition coefficient (Wildman–Crippen LogP) is 8.63. The van der Waals surface area contributed by atoms with Crippen LogP contribution in [0.1, 0.15) is 142 Å². The molecule has 1 saturated carbocycles. The number of hydrogen-bond donors (Lipinski definition) is 0. The van der Waals surface area contributed by atoms with Crippen LogP contribution in [0.2, 0.25) is 0 Å². The van der Waals surface area contributed by atoms with Gasteiger partial charge in [0.05, 0.1) is 0 Å². The van der Waals surface area contributed by atoms with Gasteiger partial charge in [0.25, 0.3) is 0 Å². The van der Waals surface area contributed by atoms with E-state index in [2.05, 4.69) is 6.92 Å². The first-order valence-electron chi connectivity index (χ1n) is 12.7. The van der Waals surface area contributed by atoms with E-state index in [0.717, 1.165) is 19.5 Å². The topological polar surface area (TPSA) is 26.3 Å². The SMILES string of the molecule is CCCCCCCCCCCCCCCCCCN([O-])CC1CCCCC1. The van der Waals surface area contributed by atoms with Crippen LogP contribution in [0.15, 0.2) is 0 Å². The average Bonchev–Trinajstić information content (AvgIpc) is 2.68. The van der Waals surface area contributed by atoms with Gasteiger partial charge in [0.1, 0.15) is 0 Å². The van der Waals surface area contributed by atoms with Gasteiger partial charge in [0, 0.05) is 0 Å². The van der Waals surface area contributed by atoms with Gasteiger partial charge >= 0.3 is 0 Å². The molecule has 0 bridgehead atoms. The van der Waals surface area contributed by atoms with Crippen LogP contribution >= 0.6 is 0 Å². The van der Waals surface area contributed by atoms with E-state index < -0.39 is 0 Å². The van der Waals surface area contributed by atoms with Crippen LogP contribution in [0.25, 0.3) is 0 Å². The van der Waals surface area contributed by atoms with Crippen molar-refractivity contribution >= 4 is 0 Å². The average molecular weight is 381 g/mol. The number of nitrogens with zero attached hydrogens (tertiary/aromatic N) is 1. The lowest BCUT2D eigenvalue weighted by molar-refractivity contribution is 0.251. The van der Waals surface area contributed by atoms with Crippen LogP contribution in [-0.2, 0) is 0 Å². The predicted molar refractivity (Wildman–Crippen MR) is 121 cm³/mol. The van der Waals surface area contributed by atoms with Gasteiger partial charge in [-0.3, -0.25) is 0 Å². The second-order valence-electron chi connectivity index (χ2n) is 9.20. The van der Waals surface area contributed by atoms with Crippen LogP contribution in [0.5, 0.6) is 0 Å². The fourth-order valence-corrected chi connectivity index (χ4v) is 4.59. The Morgan fingerprint density at radius 3 is 1.44 bits per heavy atom. The summed E-state index contributed by atoms with van der Waals surface area (Å²) in [6, 6.07) is 0. The molecule has 1 aliphatic carbocycles. The highest BCUT2D eigenvalue weighted by atomic mass is 16.5. The van der Waals surface area contributed by atoms with Crippen LogP contribution in [0, 0.1) is 11.1 Å². The summed E-state index contributed by atoms with van der Waals surface area (Å²) in [5, 5.41) is 13.3. The lowest BCUT2D eigenvalue weighted by Crippen LogP contribution is -2.26. The maximum absolute atomic E-state index is 12.0. The monoisotopic (exact) mass is 380 g/mol. The Hall–Kier alpha value is -0.0800. The van der Waals surface area contributed by atoms with Crippen molar-refractivity contribution in [2.24, 2.45) is 5.92 Å². The van der Waals surface area contributed by atoms with Crippen molar-refractivity contribution in [2.45, 2.75) is 142 Å². The molecule has 0 aromatic rings. The number of hydrogen-bond acceptors (Lipinski definition) is 2.